The van der Waals surface area contributed by atoms with Crippen molar-refractivity contribution >= 4 is 23.6 Å². The van der Waals surface area contributed by atoms with Crippen molar-refractivity contribution in [3.05, 3.63) is 29.3 Å². The number of rotatable bonds is 7. The van der Waals surface area contributed by atoms with Gasteiger partial charge in [-0.05, 0) is 58.2 Å². The van der Waals surface area contributed by atoms with Gasteiger partial charge in [0.1, 0.15) is 12.3 Å². The second-order valence-electron chi connectivity index (χ2n) is 8.11. The molecule has 1 aromatic carbocycles. The van der Waals surface area contributed by atoms with Crippen LogP contribution in [0.3, 0.4) is 0 Å². The summed E-state index contributed by atoms with van der Waals surface area (Å²) in [5, 5.41) is 12.1. The summed E-state index contributed by atoms with van der Waals surface area (Å²) in [6, 6.07) is 6.35. The molecular formula is C21H31N3O3S. The van der Waals surface area contributed by atoms with E-state index in [2.05, 4.69) is 44.0 Å². The number of carbonyl (C=O) groups excluding carboxylic acids is 2. The van der Waals surface area contributed by atoms with Crippen LogP contribution in [-0.2, 0) is 11.3 Å². The molecule has 0 saturated carbocycles. The molecule has 2 unspecified atom stereocenters. The number of aliphatic hydroxyl groups is 1. The summed E-state index contributed by atoms with van der Waals surface area (Å²) in [7, 11) is 0. The topological polar surface area (TPSA) is 72.9 Å². The van der Waals surface area contributed by atoms with Gasteiger partial charge in [-0.15, -0.1) is 11.8 Å². The van der Waals surface area contributed by atoms with Crippen molar-refractivity contribution in [2.45, 2.75) is 76.3 Å². The molecule has 2 aliphatic rings. The van der Waals surface area contributed by atoms with Crippen LogP contribution in [0.2, 0.25) is 0 Å². The van der Waals surface area contributed by atoms with E-state index in [1.807, 2.05) is 12.1 Å². The minimum absolute atomic E-state index is 0.0834. The number of hydrogen-bond acceptors (Lipinski definition) is 5. The molecule has 1 fully saturated rings. The van der Waals surface area contributed by atoms with E-state index < -0.39 is 12.3 Å². The van der Waals surface area contributed by atoms with Gasteiger partial charge in [0, 0.05) is 41.4 Å². The number of hydrogen-bond donors (Lipinski definition) is 2. The van der Waals surface area contributed by atoms with E-state index in [4.69, 9.17) is 0 Å². The van der Waals surface area contributed by atoms with Crippen LogP contribution in [-0.4, -0.2) is 63.4 Å². The molecule has 1 aromatic rings. The molecule has 0 spiro atoms. The molecule has 3 rings (SSSR count). The Morgan fingerprint density at radius 3 is 2.57 bits per heavy atom. The molecule has 2 heterocycles. The lowest BCUT2D eigenvalue weighted by Crippen LogP contribution is -2.54. The van der Waals surface area contributed by atoms with E-state index in [1.54, 1.807) is 16.7 Å². The molecule has 2 N–H and O–H groups in total. The van der Waals surface area contributed by atoms with E-state index in [-0.39, 0.29) is 11.8 Å². The van der Waals surface area contributed by atoms with Crippen LogP contribution in [0.4, 0.5) is 0 Å². The molecule has 2 amide bonds. The van der Waals surface area contributed by atoms with Crippen LogP contribution in [0, 0.1) is 0 Å². The van der Waals surface area contributed by atoms with Gasteiger partial charge in [0.2, 0.25) is 5.91 Å². The third-order valence-electron chi connectivity index (χ3n) is 5.59. The number of amides is 2. The summed E-state index contributed by atoms with van der Waals surface area (Å²) in [6.07, 6.45) is 0.158. The van der Waals surface area contributed by atoms with Crippen molar-refractivity contribution in [1.82, 2.24) is 15.1 Å². The van der Waals surface area contributed by atoms with Crippen LogP contribution >= 0.6 is 11.8 Å². The zero-order valence-electron chi connectivity index (χ0n) is 17.1. The Kier molecular flexibility index (Phi) is 6.68. The van der Waals surface area contributed by atoms with E-state index in [1.165, 1.54) is 0 Å². The highest BCUT2D eigenvalue weighted by atomic mass is 32.2. The predicted octanol–water partition coefficient (Wildman–Crippen LogP) is 2.45. The molecule has 154 valence electrons. The average Bonchev–Trinajstić information content (AvgIpc) is 2.95. The van der Waals surface area contributed by atoms with E-state index in [0.29, 0.717) is 37.0 Å². The van der Waals surface area contributed by atoms with Crippen LogP contribution in [0.25, 0.3) is 0 Å². The van der Waals surface area contributed by atoms with Gasteiger partial charge in [-0.25, -0.2) is 0 Å². The molecule has 0 radical (unpaired) electrons. The van der Waals surface area contributed by atoms with Crippen LogP contribution in [0.5, 0.6) is 0 Å². The van der Waals surface area contributed by atoms with Crippen LogP contribution in [0.1, 0.15) is 56.5 Å². The summed E-state index contributed by atoms with van der Waals surface area (Å²) >= 11 is 1.78. The Morgan fingerprint density at radius 2 is 1.93 bits per heavy atom. The largest absolute Gasteiger partial charge is 0.374 e. The van der Waals surface area contributed by atoms with Gasteiger partial charge in [0.25, 0.3) is 5.91 Å². The number of nitrogens with one attached hydrogen (secondary N) is 1. The lowest BCUT2D eigenvalue weighted by molar-refractivity contribution is -0.132. The van der Waals surface area contributed by atoms with Crippen molar-refractivity contribution in [2.75, 3.05) is 12.3 Å². The highest BCUT2D eigenvalue weighted by molar-refractivity contribution is 7.99. The number of fused-ring (bicyclic) bond motifs is 1. The molecule has 0 aliphatic carbocycles. The average molecular weight is 406 g/mol. The van der Waals surface area contributed by atoms with Gasteiger partial charge in [-0.1, -0.05) is 6.07 Å². The summed E-state index contributed by atoms with van der Waals surface area (Å²) in [4.78, 5) is 30.4. The van der Waals surface area contributed by atoms with E-state index >= 15 is 0 Å². The first-order valence-electron chi connectivity index (χ1n) is 10.1. The van der Waals surface area contributed by atoms with Crippen molar-refractivity contribution < 1.29 is 14.7 Å². The first-order valence-corrected chi connectivity index (χ1v) is 11.1. The van der Waals surface area contributed by atoms with Crippen molar-refractivity contribution in [3.63, 3.8) is 0 Å². The number of carbonyl (C=O) groups is 2. The highest BCUT2D eigenvalue weighted by Crippen LogP contribution is 2.34. The summed E-state index contributed by atoms with van der Waals surface area (Å²) in [5.41, 5.74) is 1.73. The SMILES string of the molecule is CC(C)N(CCSc1cccc2c1CN(C1CCC(O)NC1=O)C2=O)C(C)C. The zero-order valence-corrected chi connectivity index (χ0v) is 18.0. The molecule has 1 saturated heterocycles. The molecule has 28 heavy (non-hydrogen) atoms. The standard InChI is InChI=1S/C21H31N3O3S/c1-13(2)23(14(3)4)10-11-28-18-7-5-6-15-16(18)12-24(21(15)27)17-8-9-19(25)22-20(17)26/h5-7,13-14,17,19,25H,8-12H2,1-4H3,(H,22,26). The van der Waals surface area contributed by atoms with Crippen LogP contribution < -0.4 is 5.32 Å². The van der Waals surface area contributed by atoms with Crippen molar-refractivity contribution in [2.24, 2.45) is 0 Å². The maximum absolute atomic E-state index is 12.9. The van der Waals surface area contributed by atoms with E-state index in [9.17, 15) is 14.7 Å². The Morgan fingerprint density at radius 1 is 1.21 bits per heavy atom. The monoisotopic (exact) mass is 405 g/mol. The molecule has 6 nitrogen and oxygen atoms in total. The first kappa shape index (κ1) is 21.1. The third-order valence-corrected chi connectivity index (χ3v) is 6.67. The Balaban J connectivity index is 1.69. The van der Waals surface area contributed by atoms with Crippen molar-refractivity contribution in [3.8, 4) is 0 Å². The first-order chi connectivity index (χ1) is 13.3. The minimum Gasteiger partial charge on any atom is -0.374 e. The van der Waals surface area contributed by atoms with Gasteiger partial charge in [-0.2, -0.15) is 0 Å². The molecular weight excluding hydrogens is 374 g/mol. The van der Waals surface area contributed by atoms with Gasteiger partial charge in [0.05, 0.1) is 0 Å². The predicted molar refractivity (Wildman–Crippen MR) is 111 cm³/mol. The molecule has 2 aliphatic heterocycles. The van der Waals surface area contributed by atoms with Gasteiger partial charge in [0.15, 0.2) is 0 Å². The molecule has 0 bridgehead atoms. The smallest absolute Gasteiger partial charge is 0.255 e. The quantitative estimate of drug-likeness (QED) is 0.682. The lowest BCUT2D eigenvalue weighted by atomic mass is 10.0. The fourth-order valence-corrected chi connectivity index (χ4v) is 5.21. The molecule has 2 atom stereocenters. The minimum atomic E-state index is -0.806. The Bertz CT molecular complexity index is 730. The summed E-state index contributed by atoms with van der Waals surface area (Å²) in [5.74, 6) is 0.607. The van der Waals surface area contributed by atoms with Crippen LogP contribution in [0.15, 0.2) is 23.1 Å². The summed E-state index contributed by atoms with van der Waals surface area (Å²) < 4.78 is 0. The highest BCUT2D eigenvalue weighted by Gasteiger charge is 2.39. The van der Waals surface area contributed by atoms with Gasteiger partial charge < -0.3 is 15.3 Å². The normalized spacial score (nSPS) is 22.4. The maximum atomic E-state index is 12.9. The molecule has 7 heteroatoms. The fourth-order valence-electron chi connectivity index (χ4n) is 4.16. The third kappa shape index (κ3) is 4.36. The fraction of sp³-hybridized carbons (Fsp3) is 0.619. The number of piperidine rings is 1. The number of nitrogens with zero attached hydrogens (tertiary/aromatic N) is 2. The van der Waals surface area contributed by atoms with Gasteiger partial charge in [-0.3, -0.25) is 14.5 Å². The number of thioether (sulfide) groups is 1. The maximum Gasteiger partial charge on any atom is 0.255 e. The number of aliphatic hydroxyl groups excluding tert-OH is 1. The second kappa shape index (κ2) is 8.84. The zero-order chi connectivity index (χ0) is 20.4. The Hall–Kier alpha value is -1.57. The number of benzene rings is 1. The second-order valence-corrected chi connectivity index (χ2v) is 9.24. The van der Waals surface area contributed by atoms with Crippen molar-refractivity contribution in [1.29, 1.82) is 0 Å². The van der Waals surface area contributed by atoms with Gasteiger partial charge >= 0.3 is 0 Å². The molecule has 0 aromatic heterocycles. The van der Waals surface area contributed by atoms with E-state index in [0.717, 1.165) is 22.8 Å². The Labute approximate surface area is 171 Å². The summed E-state index contributed by atoms with van der Waals surface area (Å²) in [6.45, 7) is 10.3. The lowest BCUT2D eigenvalue weighted by Gasteiger charge is -2.32.